The molecule has 0 bridgehead atoms. The van der Waals surface area contributed by atoms with E-state index in [1.165, 1.54) is 0 Å². The number of rotatable bonds is 3. The highest BCUT2D eigenvalue weighted by Gasteiger charge is 2.19. The molecule has 0 saturated carbocycles. The molecular weight excluding hydrogens is 190 g/mol. The Labute approximate surface area is 62.3 Å². The molecule has 7 heteroatoms. The van der Waals surface area contributed by atoms with Gasteiger partial charge in [0.25, 0.3) is 0 Å². The van der Waals surface area contributed by atoms with Crippen LogP contribution in [0.2, 0.25) is 0 Å². The predicted octanol–water partition coefficient (Wildman–Crippen LogP) is 0.509. The van der Waals surface area contributed by atoms with Crippen molar-refractivity contribution in [1.29, 1.82) is 0 Å². The molecule has 9 heavy (non-hydrogen) atoms. The van der Waals surface area contributed by atoms with Crippen LogP contribution in [0.3, 0.4) is 0 Å². The van der Waals surface area contributed by atoms with Gasteiger partial charge in [-0.25, -0.2) is 0 Å². The van der Waals surface area contributed by atoms with Crippen LogP contribution in [0, 0.1) is 0 Å². The summed E-state index contributed by atoms with van der Waals surface area (Å²) in [6, 6.07) is 0. The van der Waals surface area contributed by atoms with E-state index in [4.69, 9.17) is 33.2 Å². The van der Waals surface area contributed by atoms with E-state index in [0.29, 0.717) is 0 Å². The van der Waals surface area contributed by atoms with Crippen LogP contribution in [0.15, 0.2) is 0 Å². The van der Waals surface area contributed by atoms with Gasteiger partial charge < -0.3 is 14.5 Å². The summed E-state index contributed by atoms with van der Waals surface area (Å²) in [5.74, 6) is 0. The van der Waals surface area contributed by atoms with Crippen LogP contribution < -0.4 is 0 Å². The average molecular weight is 195 g/mol. The van der Waals surface area contributed by atoms with Crippen LogP contribution in [0.5, 0.6) is 0 Å². The molecule has 0 aliphatic rings. The second-order valence-corrected chi connectivity index (χ2v) is 3.48. The fourth-order valence-corrected chi connectivity index (χ4v) is 0.773. The Bertz CT molecular complexity index is 110. The van der Waals surface area contributed by atoms with Gasteiger partial charge in [0.15, 0.2) is 0 Å². The first-order valence-electron chi connectivity index (χ1n) is 1.88. The van der Waals surface area contributed by atoms with Gasteiger partial charge in [0.05, 0.1) is 0 Å². The number of hydrogen-bond acceptors (Lipinski definition) is 3. The standard InChI is InChI=1S/C2H5Cl2O4P/c3-2(4,5)1-8-9(6)7/h5,9H,1H2,(H,6,7). The molecule has 0 radical (unpaired) electrons. The van der Waals surface area contributed by atoms with Crippen molar-refractivity contribution >= 4 is 31.5 Å². The molecule has 0 aromatic carbocycles. The fraction of sp³-hybridized carbons (Fsp3) is 1.00. The van der Waals surface area contributed by atoms with E-state index in [-0.39, 0.29) is 0 Å². The van der Waals surface area contributed by atoms with Crippen molar-refractivity contribution in [2.45, 2.75) is 4.52 Å². The number of aliphatic hydroxyl groups is 1. The van der Waals surface area contributed by atoms with Crippen molar-refractivity contribution in [3.05, 3.63) is 0 Å². The fourth-order valence-electron chi connectivity index (χ4n) is 0.149. The zero-order valence-corrected chi connectivity index (χ0v) is 6.69. The van der Waals surface area contributed by atoms with Crippen LogP contribution in [-0.4, -0.2) is 21.1 Å². The molecule has 56 valence electrons. The molecule has 0 heterocycles. The number of hydrogen-bond donors (Lipinski definition) is 2. The summed E-state index contributed by atoms with van der Waals surface area (Å²) in [7, 11) is -3.05. The molecule has 0 saturated heterocycles. The maximum atomic E-state index is 9.78. The Balaban J connectivity index is 3.39. The predicted molar refractivity (Wildman–Crippen MR) is 33.8 cm³/mol. The molecule has 1 unspecified atom stereocenters. The van der Waals surface area contributed by atoms with E-state index in [1.807, 2.05) is 0 Å². The summed E-state index contributed by atoms with van der Waals surface area (Å²) in [6.07, 6.45) is 0. The summed E-state index contributed by atoms with van der Waals surface area (Å²) in [4.78, 5) is 8.01. The van der Waals surface area contributed by atoms with E-state index in [1.54, 1.807) is 0 Å². The minimum absolute atomic E-state index is 0.579. The lowest BCUT2D eigenvalue weighted by molar-refractivity contribution is 0.133. The van der Waals surface area contributed by atoms with E-state index < -0.39 is 19.4 Å². The molecule has 2 N–H and O–H groups in total. The Hall–Kier alpha value is 0.690. The van der Waals surface area contributed by atoms with Gasteiger partial charge in [-0.05, 0) is 0 Å². The minimum Gasteiger partial charge on any atom is -0.361 e. The van der Waals surface area contributed by atoms with Gasteiger partial charge in [-0.15, -0.1) is 0 Å². The first kappa shape index (κ1) is 9.69. The van der Waals surface area contributed by atoms with E-state index in [0.717, 1.165) is 0 Å². The van der Waals surface area contributed by atoms with Gasteiger partial charge in [-0.1, -0.05) is 23.2 Å². The zero-order chi connectivity index (χ0) is 7.49. The normalized spacial score (nSPS) is 15.6. The van der Waals surface area contributed by atoms with Crippen LogP contribution in [0.25, 0.3) is 0 Å². The van der Waals surface area contributed by atoms with Gasteiger partial charge in [0.1, 0.15) is 6.61 Å². The molecule has 0 aliphatic heterocycles. The van der Waals surface area contributed by atoms with Gasteiger partial charge in [-0.3, -0.25) is 4.57 Å². The minimum atomic E-state index is -3.05. The number of alkyl halides is 2. The molecule has 1 atom stereocenters. The Kier molecular flexibility index (Phi) is 4.05. The molecule has 0 aliphatic carbocycles. The quantitative estimate of drug-likeness (QED) is 0.508. The molecule has 0 spiro atoms. The van der Waals surface area contributed by atoms with E-state index in [2.05, 4.69) is 4.52 Å². The van der Waals surface area contributed by atoms with Gasteiger partial charge in [-0.2, -0.15) is 0 Å². The largest absolute Gasteiger partial charge is 0.361 e. The van der Waals surface area contributed by atoms with Crippen LogP contribution >= 0.6 is 31.5 Å². The highest BCUT2D eigenvalue weighted by atomic mass is 35.5. The maximum absolute atomic E-state index is 9.78. The molecular formula is C2H5Cl2O4P. The van der Waals surface area contributed by atoms with Crippen molar-refractivity contribution in [1.82, 2.24) is 0 Å². The molecule has 4 nitrogen and oxygen atoms in total. The van der Waals surface area contributed by atoms with Crippen LogP contribution in [0.4, 0.5) is 0 Å². The highest BCUT2D eigenvalue weighted by Crippen LogP contribution is 2.23. The average Bonchev–Trinajstić information content (AvgIpc) is 1.59. The lowest BCUT2D eigenvalue weighted by atomic mass is 10.8. The first-order chi connectivity index (χ1) is 3.92. The third kappa shape index (κ3) is 8.69. The van der Waals surface area contributed by atoms with Crippen molar-refractivity contribution in [2.75, 3.05) is 6.61 Å². The summed E-state index contributed by atoms with van der Waals surface area (Å²) in [5, 5.41) is 8.44. The maximum Gasteiger partial charge on any atom is 0.316 e. The SMILES string of the molecule is O=[PH](O)OCC(O)(Cl)Cl. The lowest BCUT2D eigenvalue weighted by Crippen LogP contribution is -2.17. The Morgan fingerprint density at radius 2 is 2.11 bits per heavy atom. The van der Waals surface area contributed by atoms with Crippen LogP contribution in [0.1, 0.15) is 0 Å². The second-order valence-electron chi connectivity index (χ2n) is 1.22. The van der Waals surface area contributed by atoms with Gasteiger partial charge in [0, 0.05) is 0 Å². The van der Waals surface area contributed by atoms with Gasteiger partial charge in [0.2, 0.25) is 4.52 Å². The third-order valence-electron chi connectivity index (χ3n) is 0.369. The number of halogens is 2. The Morgan fingerprint density at radius 3 is 2.22 bits per heavy atom. The van der Waals surface area contributed by atoms with Crippen LogP contribution in [-0.2, 0) is 9.09 Å². The molecule has 0 fully saturated rings. The summed E-state index contributed by atoms with van der Waals surface area (Å²) >= 11 is 9.88. The van der Waals surface area contributed by atoms with Gasteiger partial charge >= 0.3 is 8.25 Å². The van der Waals surface area contributed by atoms with Crippen molar-refractivity contribution in [2.24, 2.45) is 0 Å². The second kappa shape index (κ2) is 3.76. The lowest BCUT2D eigenvalue weighted by Gasteiger charge is -2.09. The van der Waals surface area contributed by atoms with Crippen molar-refractivity contribution < 1.29 is 19.1 Å². The topological polar surface area (TPSA) is 66.8 Å². The first-order valence-corrected chi connectivity index (χ1v) is 3.90. The summed E-state index contributed by atoms with van der Waals surface area (Å²) in [5.41, 5.74) is 0. The van der Waals surface area contributed by atoms with E-state index in [9.17, 15) is 4.57 Å². The molecule has 0 aromatic heterocycles. The molecule has 0 aromatic rings. The van der Waals surface area contributed by atoms with Crippen molar-refractivity contribution in [3.63, 3.8) is 0 Å². The van der Waals surface area contributed by atoms with E-state index >= 15 is 0 Å². The zero-order valence-electron chi connectivity index (χ0n) is 4.17. The third-order valence-corrected chi connectivity index (χ3v) is 0.979. The summed E-state index contributed by atoms with van der Waals surface area (Å²) < 4.78 is 11.7. The van der Waals surface area contributed by atoms with Crippen molar-refractivity contribution in [3.8, 4) is 0 Å². The molecule has 0 amide bonds. The monoisotopic (exact) mass is 194 g/mol. The summed E-state index contributed by atoms with van der Waals surface area (Å²) in [6.45, 7) is -0.579. The smallest absolute Gasteiger partial charge is 0.316 e. The molecule has 0 rings (SSSR count). The highest BCUT2D eigenvalue weighted by molar-refractivity contribution is 7.32. The Morgan fingerprint density at radius 1 is 1.67 bits per heavy atom.